The molecule has 0 aliphatic carbocycles. The minimum atomic E-state index is -3.75. The summed E-state index contributed by atoms with van der Waals surface area (Å²) in [7, 11) is -4.49. The van der Waals surface area contributed by atoms with Crippen LogP contribution >= 0.6 is 0 Å². The van der Waals surface area contributed by atoms with Crippen LogP contribution in [0.15, 0.2) is 21.8 Å². The van der Waals surface area contributed by atoms with Gasteiger partial charge in [-0.2, -0.15) is 0 Å². The van der Waals surface area contributed by atoms with Crippen LogP contribution < -0.4 is 10.9 Å². The van der Waals surface area contributed by atoms with Crippen LogP contribution in [0.2, 0.25) is 0 Å². The third-order valence-electron chi connectivity index (χ3n) is 4.39. The van der Waals surface area contributed by atoms with E-state index in [1.165, 1.54) is 26.3 Å². The second kappa shape index (κ2) is 8.74. The molecule has 0 unspecified atom stereocenters. The summed E-state index contributed by atoms with van der Waals surface area (Å²) in [6.07, 6.45) is 1.97. The van der Waals surface area contributed by atoms with E-state index >= 15 is 0 Å². The number of carbonyl (C=O) groups is 1. The van der Waals surface area contributed by atoms with Gasteiger partial charge in [0.1, 0.15) is 5.56 Å². The van der Waals surface area contributed by atoms with Crippen LogP contribution in [0.5, 0.6) is 0 Å². The summed E-state index contributed by atoms with van der Waals surface area (Å²) in [4.78, 5) is 25.5. The fourth-order valence-corrected chi connectivity index (χ4v) is 4.83. The second-order valence-corrected chi connectivity index (χ2v) is 11.2. The monoisotopic (exact) mass is 459 g/mol. The molecule has 0 aliphatic heterocycles. The van der Waals surface area contributed by atoms with Gasteiger partial charge in [-0.25, -0.2) is 16.8 Å². The molecule has 166 valence electrons. The first-order valence-corrected chi connectivity index (χ1v) is 12.8. The Morgan fingerprint density at radius 3 is 2.30 bits per heavy atom. The van der Waals surface area contributed by atoms with E-state index in [9.17, 15) is 26.4 Å². The molecule has 0 fully saturated rings. The van der Waals surface area contributed by atoms with Gasteiger partial charge in [0.25, 0.3) is 5.56 Å². The van der Waals surface area contributed by atoms with Gasteiger partial charge in [-0.15, -0.1) is 0 Å². The lowest BCUT2D eigenvalue weighted by atomic mass is 9.98. The summed E-state index contributed by atoms with van der Waals surface area (Å²) in [5.74, 6) is -1.28. The number of nitrogens with one attached hydrogen (secondary N) is 2. The zero-order valence-electron chi connectivity index (χ0n) is 17.4. The third kappa shape index (κ3) is 5.18. The molecule has 1 aromatic heterocycles. The molecule has 2 rings (SSSR count). The number of hydrogen-bond acceptors (Lipinski definition) is 8. The van der Waals surface area contributed by atoms with Gasteiger partial charge >= 0.3 is 0 Å². The van der Waals surface area contributed by atoms with Crippen molar-refractivity contribution in [1.82, 2.24) is 9.78 Å². The number of nitrogens with zero attached hydrogens (tertiary/aromatic N) is 1. The molecule has 0 saturated heterocycles. The van der Waals surface area contributed by atoms with Gasteiger partial charge in [-0.1, -0.05) is 0 Å². The van der Waals surface area contributed by atoms with Crippen LogP contribution in [0.1, 0.15) is 27.2 Å². The lowest BCUT2D eigenvalue weighted by Gasteiger charge is -2.18. The Labute approximate surface area is 175 Å². The number of anilines is 1. The molecule has 10 nitrogen and oxygen atoms in total. The van der Waals surface area contributed by atoms with Crippen LogP contribution in [0.4, 0.5) is 5.69 Å². The van der Waals surface area contributed by atoms with Crippen LogP contribution in [0, 0.1) is 6.92 Å². The maximum absolute atomic E-state index is 13.2. The minimum absolute atomic E-state index is 0.0100. The van der Waals surface area contributed by atoms with Crippen molar-refractivity contribution in [2.45, 2.75) is 17.6 Å². The summed E-state index contributed by atoms with van der Waals surface area (Å²) in [6, 6.07) is 2.47. The minimum Gasteiger partial charge on any atom is -0.383 e. The standard InChI is InChI=1S/C18H25N3O7S2/c1-11-15(18(23)21(2)20-11)17(22)12-6-7-14(30(5,26)27)16(19-8-9-28-3)13(12)10-29(4,24)25/h6-7,19-20H,8-10H2,1-5H3. The Bertz CT molecular complexity index is 1240. The van der Waals surface area contributed by atoms with Crippen molar-refractivity contribution in [3.63, 3.8) is 0 Å². The Kier molecular flexibility index (Phi) is 6.94. The number of ether oxygens (including phenoxy) is 1. The van der Waals surface area contributed by atoms with Crippen LogP contribution in [-0.2, 0) is 37.2 Å². The fourth-order valence-electron chi connectivity index (χ4n) is 3.12. The molecule has 2 N–H and O–H groups in total. The maximum Gasteiger partial charge on any atom is 0.277 e. The zero-order chi connectivity index (χ0) is 22.9. The van der Waals surface area contributed by atoms with Gasteiger partial charge < -0.3 is 10.1 Å². The highest BCUT2D eigenvalue weighted by Gasteiger charge is 2.28. The molecule has 1 aromatic carbocycles. The molecule has 0 radical (unpaired) electrons. The predicted octanol–water partition coefficient (Wildman–Crippen LogP) is 0.259. The number of carbonyl (C=O) groups excluding carboxylic acids is 1. The lowest BCUT2D eigenvalue weighted by molar-refractivity contribution is 0.103. The normalized spacial score (nSPS) is 12.2. The van der Waals surface area contributed by atoms with Gasteiger partial charge in [-0.3, -0.25) is 19.4 Å². The largest absolute Gasteiger partial charge is 0.383 e. The first-order valence-electron chi connectivity index (χ1n) is 8.84. The van der Waals surface area contributed by atoms with E-state index in [1.807, 2.05) is 0 Å². The smallest absolute Gasteiger partial charge is 0.277 e. The molecular weight excluding hydrogens is 434 g/mol. The molecule has 2 aromatic rings. The van der Waals surface area contributed by atoms with Gasteiger partial charge in [0, 0.05) is 50.0 Å². The van der Waals surface area contributed by atoms with Crippen molar-refractivity contribution in [2.24, 2.45) is 7.05 Å². The Hall–Kier alpha value is -2.44. The molecule has 30 heavy (non-hydrogen) atoms. The molecule has 0 saturated carbocycles. The van der Waals surface area contributed by atoms with E-state index in [4.69, 9.17) is 4.74 Å². The second-order valence-electron chi connectivity index (χ2n) is 7.03. The van der Waals surface area contributed by atoms with E-state index in [0.717, 1.165) is 17.2 Å². The molecular formula is C18H25N3O7S2. The topological polar surface area (TPSA) is 144 Å². The lowest BCUT2D eigenvalue weighted by Crippen LogP contribution is -2.22. The molecule has 1 heterocycles. The summed E-state index contributed by atoms with van der Waals surface area (Å²) >= 11 is 0. The van der Waals surface area contributed by atoms with E-state index < -0.39 is 36.8 Å². The summed E-state index contributed by atoms with van der Waals surface area (Å²) in [6.45, 7) is 1.95. The molecule has 0 atom stereocenters. The molecule has 12 heteroatoms. The molecule has 0 bridgehead atoms. The third-order valence-corrected chi connectivity index (χ3v) is 6.34. The SMILES string of the molecule is COCCNc1c(S(C)(=O)=O)ccc(C(=O)c2c(C)[nH]n(C)c2=O)c1CS(C)(=O)=O. The molecule has 0 aliphatic rings. The van der Waals surface area contributed by atoms with E-state index in [-0.39, 0.29) is 40.4 Å². The first kappa shape index (κ1) is 23.8. The number of rotatable bonds is 9. The molecule has 0 amide bonds. The summed E-state index contributed by atoms with van der Waals surface area (Å²) < 4.78 is 54.9. The van der Waals surface area contributed by atoms with Crippen molar-refractivity contribution in [2.75, 3.05) is 38.1 Å². The number of methoxy groups -OCH3 is 1. The van der Waals surface area contributed by atoms with E-state index in [2.05, 4.69) is 10.4 Å². The number of aryl methyl sites for hydroxylation is 2. The number of ketones is 1. The Balaban J connectivity index is 2.83. The van der Waals surface area contributed by atoms with Crippen molar-refractivity contribution in [3.8, 4) is 0 Å². The highest BCUT2D eigenvalue weighted by atomic mass is 32.2. The number of sulfone groups is 2. The van der Waals surface area contributed by atoms with Crippen LogP contribution in [-0.4, -0.2) is 65.2 Å². The van der Waals surface area contributed by atoms with Crippen LogP contribution in [0.25, 0.3) is 0 Å². The van der Waals surface area contributed by atoms with Crippen molar-refractivity contribution in [1.29, 1.82) is 0 Å². The zero-order valence-corrected chi connectivity index (χ0v) is 19.0. The highest BCUT2D eigenvalue weighted by Crippen LogP contribution is 2.31. The molecule has 0 spiro atoms. The summed E-state index contributed by atoms with van der Waals surface area (Å²) in [5, 5.41) is 5.60. The van der Waals surface area contributed by atoms with Crippen molar-refractivity contribution < 1.29 is 26.4 Å². The number of H-pyrrole nitrogens is 1. The van der Waals surface area contributed by atoms with Gasteiger partial charge in [0.15, 0.2) is 19.7 Å². The van der Waals surface area contributed by atoms with Crippen LogP contribution in [0.3, 0.4) is 0 Å². The van der Waals surface area contributed by atoms with Crippen molar-refractivity contribution in [3.05, 3.63) is 44.9 Å². The fraction of sp³-hybridized carbons (Fsp3) is 0.444. The number of hydrogen-bond donors (Lipinski definition) is 2. The average Bonchev–Trinajstić information content (AvgIpc) is 2.85. The number of aromatic amines is 1. The number of aromatic nitrogens is 2. The Morgan fingerprint density at radius 2 is 1.83 bits per heavy atom. The highest BCUT2D eigenvalue weighted by molar-refractivity contribution is 7.91. The van der Waals surface area contributed by atoms with E-state index in [1.54, 1.807) is 6.92 Å². The number of benzene rings is 1. The first-order chi connectivity index (χ1) is 13.8. The van der Waals surface area contributed by atoms with Gasteiger partial charge in [-0.05, 0) is 19.1 Å². The van der Waals surface area contributed by atoms with Gasteiger partial charge in [0.2, 0.25) is 5.78 Å². The maximum atomic E-state index is 13.2. The average molecular weight is 460 g/mol. The summed E-state index contributed by atoms with van der Waals surface area (Å²) in [5.41, 5.74) is -0.447. The Morgan fingerprint density at radius 1 is 1.20 bits per heavy atom. The van der Waals surface area contributed by atoms with E-state index in [0.29, 0.717) is 5.69 Å². The van der Waals surface area contributed by atoms with Crippen molar-refractivity contribution >= 4 is 31.1 Å². The van der Waals surface area contributed by atoms with Gasteiger partial charge in [0.05, 0.1) is 22.9 Å². The quantitative estimate of drug-likeness (QED) is 0.401. The predicted molar refractivity (Wildman–Crippen MR) is 113 cm³/mol.